The molecule has 0 fully saturated rings. The summed E-state index contributed by atoms with van der Waals surface area (Å²) in [7, 11) is 3.31. The lowest BCUT2D eigenvalue weighted by Crippen LogP contribution is -3.14. The molecule has 1 heterocycles. The molecule has 2 aromatic rings. The van der Waals surface area contributed by atoms with Crippen molar-refractivity contribution in [2.45, 2.75) is 33.2 Å². The van der Waals surface area contributed by atoms with Crippen LogP contribution in [0.1, 0.15) is 35.2 Å². The third kappa shape index (κ3) is 4.25. The van der Waals surface area contributed by atoms with Crippen molar-refractivity contribution in [2.75, 3.05) is 32.6 Å². The van der Waals surface area contributed by atoms with Gasteiger partial charge in [0.2, 0.25) is 0 Å². The van der Waals surface area contributed by atoms with Crippen LogP contribution in [0.3, 0.4) is 0 Å². The molecule has 144 valence electrons. The smallest absolute Gasteiger partial charge is 0.279 e. The van der Waals surface area contributed by atoms with Gasteiger partial charge in [-0.2, -0.15) is 0 Å². The second-order valence-corrected chi connectivity index (χ2v) is 7.39. The molecule has 5 nitrogen and oxygen atoms in total. The summed E-state index contributed by atoms with van der Waals surface area (Å²) in [6, 6.07) is 10.5. The number of carbonyl (C=O) groups excluding carboxylic acids is 1. The first-order valence-electron chi connectivity index (χ1n) is 9.38. The number of carbonyl (C=O) groups is 1. The van der Waals surface area contributed by atoms with E-state index >= 15 is 0 Å². The third-order valence-electron chi connectivity index (χ3n) is 5.33. The number of aryl methyl sites for hydroxylation is 2. The standard InChI is InChI=1S/C22H28N2O3/c1-14-8-15(2)10-18(9-14)23-22(25)13-24-7-6-17-11-20(26-4)21(27-5)12-19(17)16(24)3/h8-12,16H,6-7,13H2,1-5H3,(H,23,25)/p+1/t16-/m0/s1. The summed E-state index contributed by atoms with van der Waals surface area (Å²) in [6.45, 7) is 7.62. The second-order valence-electron chi connectivity index (χ2n) is 7.39. The van der Waals surface area contributed by atoms with Gasteiger partial charge in [0.1, 0.15) is 6.04 Å². The summed E-state index contributed by atoms with van der Waals surface area (Å²) >= 11 is 0. The summed E-state index contributed by atoms with van der Waals surface area (Å²) in [5.41, 5.74) is 5.68. The van der Waals surface area contributed by atoms with Crippen molar-refractivity contribution >= 4 is 11.6 Å². The Kier molecular flexibility index (Phi) is 5.71. The quantitative estimate of drug-likeness (QED) is 0.851. The lowest BCUT2D eigenvalue weighted by molar-refractivity contribution is -0.924. The van der Waals surface area contributed by atoms with Crippen molar-refractivity contribution in [1.82, 2.24) is 0 Å². The average molecular weight is 369 g/mol. The van der Waals surface area contributed by atoms with Gasteiger partial charge in [0.05, 0.1) is 20.8 Å². The van der Waals surface area contributed by atoms with Gasteiger partial charge in [-0.15, -0.1) is 0 Å². The average Bonchev–Trinajstić information content (AvgIpc) is 2.62. The van der Waals surface area contributed by atoms with Gasteiger partial charge in [0.15, 0.2) is 18.0 Å². The summed E-state index contributed by atoms with van der Waals surface area (Å²) in [4.78, 5) is 13.9. The van der Waals surface area contributed by atoms with E-state index in [4.69, 9.17) is 9.47 Å². The minimum absolute atomic E-state index is 0.0470. The minimum Gasteiger partial charge on any atom is -0.493 e. The Morgan fingerprint density at radius 1 is 1.07 bits per heavy atom. The fraction of sp³-hybridized carbons (Fsp3) is 0.409. The van der Waals surface area contributed by atoms with E-state index in [1.807, 2.05) is 26.0 Å². The highest BCUT2D eigenvalue weighted by Crippen LogP contribution is 2.33. The number of anilines is 1. The molecule has 5 heteroatoms. The lowest BCUT2D eigenvalue weighted by atomic mass is 9.93. The van der Waals surface area contributed by atoms with Crippen LogP contribution in [0.15, 0.2) is 30.3 Å². The molecule has 0 aliphatic carbocycles. The van der Waals surface area contributed by atoms with Crippen LogP contribution in [-0.4, -0.2) is 33.2 Å². The van der Waals surface area contributed by atoms with E-state index in [2.05, 4.69) is 30.4 Å². The van der Waals surface area contributed by atoms with Gasteiger partial charge >= 0.3 is 0 Å². The summed E-state index contributed by atoms with van der Waals surface area (Å²) in [5, 5.41) is 3.05. The highest BCUT2D eigenvalue weighted by Gasteiger charge is 2.30. The molecule has 3 rings (SSSR count). The molecule has 1 aliphatic rings. The number of quaternary nitrogens is 1. The number of fused-ring (bicyclic) bond motifs is 1. The first-order chi connectivity index (χ1) is 12.9. The van der Waals surface area contributed by atoms with E-state index < -0.39 is 0 Å². The van der Waals surface area contributed by atoms with Gasteiger partial charge in [-0.25, -0.2) is 0 Å². The van der Waals surface area contributed by atoms with Crippen molar-refractivity contribution in [3.05, 3.63) is 52.6 Å². The molecular weight excluding hydrogens is 340 g/mol. The fourth-order valence-corrected chi connectivity index (χ4v) is 3.99. The number of benzene rings is 2. The summed E-state index contributed by atoms with van der Waals surface area (Å²) in [5.74, 6) is 1.55. The number of hydrogen-bond donors (Lipinski definition) is 2. The van der Waals surface area contributed by atoms with Gasteiger partial charge in [0, 0.05) is 17.7 Å². The van der Waals surface area contributed by atoms with E-state index in [9.17, 15) is 4.79 Å². The van der Waals surface area contributed by atoms with E-state index in [0.717, 1.165) is 41.3 Å². The number of nitrogens with one attached hydrogen (secondary N) is 2. The molecule has 27 heavy (non-hydrogen) atoms. The van der Waals surface area contributed by atoms with Crippen molar-refractivity contribution in [3.63, 3.8) is 0 Å². The van der Waals surface area contributed by atoms with Gasteiger partial charge < -0.3 is 19.7 Å². The van der Waals surface area contributed by atoms with Crippen LogP contribution >= 0.6 is 0 Å². The zero-order chi connectivity index (χ0) is 19.6. The Balaban J connectivity index is 1.73. The molecular formula is C22H29N2O3+. The van der Waals surface area contributed by atoms with Gasteiger partial charge in [0.25, 0.3) is 5.91 Å². The molecule has 1 amide bonds. The fourth-order valence-electron chi connectivity index (χ4n) is 3.99. The van der Waals surface area contributed by atoms with Crippen LogP contribution < -0.4 is 19.7 Å². The second kappa shape index (κ2) is 8.01. The molecule has 1 unspecified atom stereocenters. The largest absolute Gasteiger partial charge is 0.493 e. The van der Waals surface area contributed by atoms with Crippen molar-refractivity contribution in [3.8, 4) is 11.5 Å². The molecule has 0 bridgehead atoms. The molecule has 2 atom stereocenters. The molecule has 0 aromatic heterocycles. The topological polar surface area (TPSA) is 52.0 Å². The first-order valence-corrected chi connectivity index (χ1v) is 9.38. The Morgan fingerprint density at radius 3 is 2.33 bits per heavy atom. The van der Waals surface area contributed by atoms with Crippen LogP contribution in [0.25, 0.3) is 0 Å². The molecule has 2 N–H and O–H groups in total. The predicted octanol–water partition coefficient (Wildman–Crippen LogP) is 2.46. The van der Waals surface area contributed by atoms with Crippen molar-refractivity contribution in [1.29, 1.82) is 0 Å². The molecule has 0 saturated carbocycles. The van der Waals surface area contributed by atoms with Crippen LogP contribution in [-0.2, 0) is 11.2 Å². The number of amides is 1. The minimum atomic E-state index is 0.0470. The Bertz CT molecular complexity index is 827. The molecule has 0 radical (unpaired) electrons. The maximum atomic E-state index is 12.6. The highest BCUT2D eigenvalue weighted by atomic mass is 16.5. The van der Waals surface area contributed by atoms with Crippen molar-refractivity contribution < 1.29 is 19.2 Å². The highest BCUT2D eigenvalue weighted by molar-refractivity contribution is 5.91. The Labute approximate surface area is 161 Å². The Hall–Kier alpha value is -2.53. The zero-order valence-corrected chi connectivity index (χ0v) is 16.8. The summed E-state index contributed by atoms with van der Waals surface area (Å²) < 4.78 is 10.9. The molecule has 0 spiro atoms. The molecule has 1 aliphatic heterocycles. The number of ether oxygens (including phenoxy) is 2. The van der Waals surface area contributed by atoms with Crippen LogP contribution in [0.4, 0.5) is 5.69 Å². The monoisotopic (exact) mass is 369 g/mol. The summed E-state index contributed by atoms with van der Waals surface area (Å²) in [6.07, 6.45) is 0.923. The first kappa shape index (κ1) is 19.2. The van der Waals surface area contributed by atoms with Gasteiger partial charge in [-0.05, 0) is 61.7 Å². The van der Waals surface area contributed by atoms with E-state index in [0.29, 0.717) is 6.54 Å². The molecule has 0 saturated heterocycles. The zero-order valence-electron chi connectivity index (χ0n) is 16.8. The van der Waals surface area contributed by atoms with Crippen LogP contribution in [0.5, 0.6) is 11.5 Å². The van der Waals surface area contributed by atoms with E-state index in [1.54, 1.807) is 14.2 Å². The van der Waals surface area contributed by atoms with Crippen molar-refractivity contribution in [2.24, 2.45) is 0 Å². The predicted molar refractivity (Wildman–Crippen MR) is 107 cm³/mol. The maximum Gasteiger partial charge on any atom is 0.279 e. The number of hydrogen-bond acceptors (Lipinski definition) is 3. The third-order valence-corrected chi connectivity index (χ3v) is 5.33. The van der Waals surface area contributed by atoms with E-state index in [1.165, 1.54) is 16.0 Å². The SMILES string of the molecule is COc1cc2c(cc1OC)[C@H](C)[NH+](CC(=O)Nc1cc(C)cc(C)c1)CC2. The Morgan fingerprint density at radius 2 is 1.70 bits per heavy atom. The lowest BCUT2D eigenvalue weighted by Gasteiger charge is -2.32. The number of methoxy groups -OCH3 is 2. The number of rotatable bonds is 5. The van der Waals surface area contributed by atoms with Gasteiger partial charge in [-0.3, -0.25) is 4.79 Å². The van der Waals surface area contributed by atoms with Gasteiger partial charge in [-0.1, -0.05) is 6.07 Å². The van der Waals surface area contributed by atoms with Crippen LogP contribution in [0.2, 0.25) is 0 Å². The maximum absolute atomic E-state index is 12.6. The van der Waals surface area contributed by atoms with Crippen LogP contribution in [0, 0.1) is 13.8 Å². The molecule has 2 aromatic carbocycles. The normalized spacial score (nSPS) is 18.6. The van der Waals surface area contributed by atoms with E-state index in [-0.39, 0.29) is 11.9 Å².